The highest BCUT2D eigenvalue weighted by molar-refractivity contribution is 5.76. The van der Waals surface area contributed by atoms with Crippen LogP contribution in [-0.2, 0) is 20.8 Å². The zero-order valence-corrected chi connectivity index (χ0v) is 14.8. The Balaban J connectivity index is 1.48. The molecule has 0 spiro atoms. The van der Waals surface area contributed by atoms with E-state index in [2.05, 4.69) is 5.32 Å². The molecule has 2 aliphatic rings. The standard InChI is InChI=1S/C19H27NO5/c1-22-18-10-14(12-20-19(21)11-15-4-2-8-23-15)6-7-17(18)25-13-16-5-3-9-24-16/h6-7,10,15-16H,2-5,8-9,11-13H2,1H3,(H,20,21)/t15-,16-/m0/s1. The molecular weight excluding hydrogens is 322 g/mol. The molecule has 2 fully saturated rings. The largest absolute Gasteiger partial charge is 0.493 e. The summed E-state index contributed by atoms with van der Waals surface area (Å²) in [5.74, 6) is 1.39. The van der Waals surface area contributed by atoms with Crippen molar-refractivity contribution in [2.75, 3.05) is 26.9 Å². The van der Waals surface area contributed by atoms with Crippen molar-refractivity contribution in [2.45, 2.75) is 50.9 Å². The van der Waals surface area contributed by atoms with E-state index >= 15 is 0 Å². The van der Waals surface area contributed by atoms with Gasteiger partial charge in [0.1, 0.15) is 6.61 Å². The van der Waals surface area contributed by atoms with Gasteiger partial charge in [-0.2, -0.15) is 0 Å². The van der Waals surface area contributed by atoms with Crippen LogP contribution in [-0.4, -0.2) is 45.0 Å². The molecule has 1 N–H and O–H groups in total. The van der Waals surface area contributed by atoms with Crippen molar-refractivity contribution in [1.82, 2.24) is 5.32 Å². The zero-order valence-electron chi connectivity index (χ0n) is 14.8. The lowest BCUT2D eigenvalue weighted by Crippen LogP contribution is -2.26. The van der Waals surface area contributed by atoms with Crippen LogP contribution in [0.25, 0.3) is 0 Å². The second-order valence-corrected chi connectivity index (χ2v) is 6.55. The number of amides is 1. The van der Waals surface area contributed by atoms with E-state index in [1.807, 2.05) is 18.2 Å². The summed E-state index contributed by atoms with van der Waals surface area (Å²) in [7, 11) is 1.62. The summed E-state index contributed by atoms with van der Waals surface area (Å²) in [4.78, 5) is 12.0. The van der Waals surface area contributed by atoms with E-state index in [9.17, 15) is 4.79 Å². The number of nitrogens with one attached hydrogen (secondary N) is 1. The lowest BCUT2D eigenvalue weighted by Gasteiger charge is -2.15. The SMILES string of the molecule is COc1cc(CNC(=O)C[C@@H]2CCCO2)ccc1OC[C@@H]1CCCO1. The number of methoxy groups -OCH3 is 1. The third-order valence-corrected chi connectivity index (χ3v) is 4.60. The summed E-state index contributed by atoms with van der Waals surface area (Å²) in [6, 6.07) is 5.73. The molecule has 25 heavy (non-hydrogen) atoms. The van der Waals surface area contributed by atoms with Crippen LogP contribution in [0.2, 0.25) is 0 Å². The lowest BCUT2D eigenvalue weighted by atomic mass is 10.1. The van der Waals surface area contributed by atoms with Gasteiger partial charge >= 0.3 is 0 Å². The van der Waals surface area contributed by atoms with Crippen molar-refractivity contribution >= 4 is 5.91 Å². The van der Waals surface area contributed by atoms with Gasteiger partial charge < -0.3 is 24.3 Å². The highest BCUT2D eigenvalue weighted by Gasteiger charge is 2.19. The van der Waals surface area contributed by atoms with Crippen LogP contribution < -0.4 is 14.8 Å². The third-order valence-electron chi connectivity index (χ3n) is 4.60. The number of carbonyl (C=O) groups excluding carboxylic acids is 1. The normalized spacial score (nSPS) is 22.8. The Morgan fingerprint density at radius 2 is 1.92 bits per heavy atom. The maximum Gasteiger partial charge on any atom is 0.222 e. The Morgan fingerprint density at radius 3 is 2.60 bits per heavy atom. The highest BCUT2D eigenvalue weighted by atomic mass is 16.5. The zero-order chi connectivity index (χ0) is 17.5. The Morgan fingerprint density at radius 1 is 1.16 bits per heavy atom. The van der Waals surface area contributed by atoms with E-state index in [-0.39, 0.29) is 18.1 Å². The average Bonchev–Trinajstić information content (AvgIpc) is 3.32. The van der Waals surface area contributed by atoms with Crippen molar-refractivity contribution in [3.63, 3.8) is 0 Å². The van der Waals surface area contributed by atoms with Crippen LogP contribution in [0.5, 0.6) is 11.5 Å². The van der Waals surface area contributed by atoms with Gasteiger partial charge in [-0.15, -0.1) is 0 Å². The van der Waals surface area contributed by atoms with E-state index in [4.69, 9.17) is 18.9 Å². The first-order chi connectivity index (χ1) is 12.2. The molecule has 1 amide bonds. The van der Waals surface area contributed by atoms with Crippen LogP contribution in [0.15, 0.2) is 18.2 Å². The van der Waals surface area contributed by atoms with E-state index in [0.717, 1.165) is 44.5 Å². The van der Waals surface area contributed by atoms with Crippen molar-refractivity contribution < 1.29 is 23.7 Å². The fourth-order valence-corrected chi connectivity index (χ4v) is 3.18. The van der Waals surface area contributed by atoms with Crippen molar-refractivity contribution in [3.8, 4) is 11.5 Å². The number of benzene rings is 1. The van der Waals surface area contributed by atoms with Gasteiger partial charge in [-0.1, -0.05) is 6.07 Å². The van der Waals surface area contributed by atoms with Gasteiger partial charge in [-0.3, -0.25) is 4.79 Å². The van der Waals surface area contributed by atoms with Gasteiger partial charge in [-0.25, -0.2) is 0 Å². The maximum absolute atomic E-state index is 12.0. The molecule has 0 radical (unpaired) electrons. The molecule has 3 rings (SSSR count). The molecule has 0 aromatic heterocycles. The van der Waals surface area contributed by atoms with Crippen molar-refractivity contribution in [3.05, 3.63) is 23.8 Å². The molecule has 1 aromatic rings. The third kappa shape index (κ3) is 5.34. The molecule has 1 aromatic carbocycles. The van der Waals surface area contributed by atoms with E-state index in [1.54, 1.807) is 7.11 Å². The summed E-state index contributed by atoms with van der Waals surface area (Å²) >= 11 is 0. The minimum atomic E-state index is 0.0181. The Labute approximate surface area is 148 Å². The number of hydrogen-bond donors (Lipinski definition) is 1. The van der Waals surface area contributed by atoms with Crippen LogP contribution in [0.1, 0.15) is 37.7 Å². The predicted octanol–water partition coefficient (Wildman–Crippen LogP) is 2.44. The fourth-order valence-electron chi connectivity index (χ4n) is 3.18. The van der Waals surface area contributed by atoms with Crippen LogP contribution in [0.3, 0.4) is 0 Å². The molecule has 2 saturated heterocycles. The quantitative estimate of drug-likeness (QED) is 0.781. The average molecular weight is 349 g/mol. The summed E-state index contributed by atoms with van der Waals surface area (Å²) < 4.78 is 22.3. The molecular formula is C19H27NO5. The maximum atomic E-state index is 12.0. The Hall–Kier alpha value is -1.79. The van der Waals surface area contributed by atoms with Crippen LogP contribution in [0, 0.1) is 0 Å². The monoisotopic (exact) mass is 349 g/mol. The minimum Gasteiger partial charge on any atom is -0.493 e. The molecule has 6 heteroatoms. The van der Waals surface area contributed by atoms with Crippen LogP contribution >= 0.6 is 0 Å². The minimum absolute atomic E-state index is 0.0181. The fraction of sp³-hybridized carbons (Fsp3) is 0.632. The van der Waals surface area contributed by atoms with Gasteiger partial charge in [-0.05, 0) is 43.4 Å². The van der Waals surface area contributed by atoms with E-state index < -0.39 is 0 Å². The van der Waals surface area contributed by atoms with E-state index in [0.29, 0.717) is 31.1 Å². The molecule has 0 aliphatic carbocycles. The first-order valence-electron chi connectivity index (χ1n) is 9.04. The van der Waals surface area contributed by atoms with Gasteiger partial charge in [0.2, 0.25) is 5.91 Å². The van der Waals surface area contributed by atoms with Crippen molar-refractivity contribution in [2.24, 2.45) is 0 Å². The lowest BCUT2D eigenvalue weighted by molar-refractivity contribution is -0.123. The topological polar surface area (TPSA) is 66.0 Å². The summed E-state index contributed by atoms with van der Waals surface area (Å²) in [5.41, 5.74) is 0.974. The Kier molecular flexibility index (Phi) is 6.53. The molecule has 2 atom stereocenters. The van der Waals surface area contributed by atoms with Crippen molar-refractivity contribution in [1.29, 1.82) is 0 Å². The summed E-state index contributed by atoms with van der Waals surface area (Å²) in [6.45, 7) is 2.58. The van der Waals surface area contributed by atoms with Gasteiger partial charge in [0.25, 0.3) is 0 Å². The number of ether oxygens (including phenoxy) is 4. The summed E-state index contributed by atoms with van der Waals surface area (Å²) in [6.07, 6.45) is 4.82. The Bertz CT molecular complexity index is 565. The highest BCUT2D eigenvalue weighted by Crippen LogP contribution is 2.29. The van der Waals surface area contributed by atoms with E-state index in [1.165, 1.54) is 0 Å². The first-order valence-corrected chi connectivity index (χ1v) is 9.04. The molecule has 2 aliphatic heterocycles. The molecule has 2 heterocycles. The van der Waals surface area contributed by atoms with Gasteiger partial charge in [0, 0.05) is 19.8 Å². The number of rotatable bonds is 8. The second-order valence-electron chi connectivity index (χ2n) is 6.55. The second kappa shape index (κ2) is 9.06. The molecule has 6 nitrogen and oxygen atoms in total. The first kappa shape index (κ1) is 18.0. The number of carbonyl (C=O) groups is 1. The molecule has 0 unspecified atom stereocenters. The molecule has 0 saturated carbocycles. The van der Waals surface area contributed by atoms with Crippen LogP contribution in [0.4, 0.5) is 0 Å². The van der Waals surface area contributed by atoms with Gasteiger partial charge in [0.05, 0.1) is 25.7 Å². The number of hydrogen-bond acceptors (Lipinski definition) is 5. The smallest absolute Gasteiger partial charge is 0.222 e. The summed E-state index contributed by atoms with van der Waals surface area (Å²) in [5, 5.41) is 2.94. The molecule has 0 bridgehead atoms. The molecule has 138 valence electrons. The van der Waals surface area contributed by atoms with Gasteiger partial charge in [0.15, 0.2) is 11.5 Å². The predicted molar refractivity (Wildman–Crippen MR) is 92.9 cm³/mol.